The minimum Gasteiger partial charge on any atom is -0.495 e. The zero-order valence-corrected chi connectivity index (χ0v) is 21.8. The standard InChI is InChI=1S/C24H19ClF3N5O5S/c1-3-23(34)33(22-5-4-15(13-30-22)39(35,36)32-21-7-9-38-31-21)18-12-17(25)16(11-19(18)37-2)14-6-8-29-20(10-14)24(26,27)28/h4-13H,3H2,1-2H3,(H,31,32). The molecule has 3 heterocycles. The van der Waals surface area contributed by atoms with E-state index >= 15 is 0 Å². The smallest absolute Gasteiger partial charge is 0.433 e. The van der Waals surface area contributed by atoms with Gasteiger partial charge in [0.15, 0.2) is 5.82 Å². The first kappa shape index (κ1) is 27.9. The number of hydrogen-bond donors (Lipinski definition) is 1. The summed E-state index contributed by atoms with van der Waals surface area (Å²) >= 11 is 6.47. The Balaban J connectivity index is 1.75. The highest BCUT2D eigenvalue weighted by Crippen LogP contribution is 2.42. The van der Waals surface area contributed by atoms with Gasteiger partial charge in [-0.15, -0.1) is 0 Å². The Kier molecular flexibility index (Phi) is 7.79. The fourth-order valence-electron chi connectivity index (χ4n) is 3.52. The molecule has 39 heavy (non-hydrogen) atoms. The molecule has 3 aromatic heterocycles. The number of methoxy groups -OCH3 is 1. The molecule has 1 N–H and O–H groups in total. The summed E-state index contributed by atoms with van der Waals surface area (Å²) in [4.78, 5) is 21.5. The molecular weight excluding hydrogens is 563 g/mol. The van der Waals surface area contributed by atoms with E-state index in [4.69, 9.17) is 16.3 Å². The Morgan fingerprint density at radius 3 is 2.51 bits per heavy atom. The van der Waals surface area contributed by atoms with Gasteiger partial charge in [0.05, 0.1) is 17.8 Å². The van der Waals surface area contributed by atoms with Gasteiger partial charge in [0, 0.05) is 30.4 Å². The maximum atomic E-state index is 13.2. The quantitative estimate of drug-likeness (QED) is 0.281. The molecule has 204 valence electrons. The monoisotopic (exact) mass is 581 g/mol. The molecule has 10 nitrogen and oxygen atoms in total. The average molecular weight is 582 g/mol. The molecule has 0 spiro atoms. The molecule has 0 aliphatic carbocycles. The Hall–Kier alpha value is -4.17. The van der Waals surface area contributed by atoms with E-state index in [2.05, 4.69) is 24.4 Å². The maximum absolute atomic E-state index is 13.2. The SMILES string of the molecule is CCC(=O)N(c1ccc(S(=O)(=O)Nc2ccon2)cn1)c1cc(Cl)c(-c2ccnc(C(F)(F)F)c2)cc1OC. The van der Waals surface area contributed by atoms with Crippen LogP contribution in [0, 0.1) is 0 Å². The molecule has 1 amide bonds. The van der Waals surface area contributed by atoms with Crippen LogP contribution < -0.4 is 14.4 Å². The molecule has 0 aliphatic rings. The van der Waals surface area contributed by atoms with Crippen molar-refractivity contribution < 1.29 is 35.6 Å². The summed E-state index contributed by atoms with van der Waals surface area (Å²) in [5.74, 6) is -0.317. The van der Waals surface area contributed by atoms with E-state index in [-0.39, 0.29) is 50.5 Å². The number of nitrogens with one attached hydrogen (secondary N) is 1. The summed E-state index contributed by atoms with van der Waals surface area (Å²) in [6.45, 7) is 1.61. The number of carbonyl (C=O) groups excluding carboxylic acids is 1. The van der Waals surface area contributed by atoms with E-state index < -0.39 is 27.8 Å². The first-order chi connectivity index (χ1) is 18.4. The van der Waals surface area contributed by atoms with Crippen LogP contribution in [0.15, 0.2) is 70.5 Å². The van der Waals surface area contributed by atoms with Crippen molar-refractivity contribution in [1.82, 2.24) is 15.1 Å². The molecule has 0 fully saturated rings. The molecule has 0 bridgehead atoms. The predicted octanol–water partition coefficient (Wildman–Crippen LogP) is 5.69. The Bertz CT molecular complexity index is 1600. The highest BCUT2D eigenvalue weighted by atomic mass is 35.5. The summed E-state index contributed by atoms with van der Waals surface area (Å²) in [5, 5.41) is 3.52. The van der Waals surface area contributed by atoms with Gasteiger partial charge in [-0.2, -0.15) is 13.2 Å². The first-order valence-electron chi connectivity index (χ1n) is 11.1. The molecule has 1 aromatic carbocycles. The third kappa shape index (κ3) is 5.96. The van der Waals surface area contributed by atoms with Gasteiger partial charge in [0.1, 0.15) is 28.4 Å². The van der Waals surface area contributed by atoms with Crippen molar-refractivity contribution in [2.45, 2.75) is 24.4 Å². The van der Waals surface area contributed by atoms with E-state index in [9.17, 15) is 26.4 Å². The number of ether oxygens (including phenoxy) is 1. The molecule has 4 rings (SSSR count). The minimum atomic E-state index is -4.66. The van der Waals surface area contributed by atoms with Gasteiger partial charge in [0.25, 0.3) is 10.0 Å². The highest BCUT2D eigenvalue weighted by Gasteiger charge is 2.33. The number of halogens is 4. The second-order valence-electron chi connectivity index (χ2n) is 7.86. The van der Waals surface area contributed by atoms with E-state index in [1.165, 1.54) is 54.7 Å². The predicted molar refractivity (Wildman–Crippen MR) is 135 cm³/mol. The number of sulfonamides is 1. The number of hydrogen-bond acceptors (Lipinski definition) is 8. The van der Waals surface area contributed by atoms with E-state index in [0.717, 1.165) is 18.5 Å². The Labute approximate surface area is 225 Å². The Morgan fingerprint density at radius 2 is 1.92 bits per heavy atom. The summed E-state index contributed by atoms with van der Waals surface area (Å²) in [6.07, 6.45) is -1.38. The summed E-state index contributed by atoms with van der Waals surface area (Å²) in [5.41, 5.74) is -0.610. The van der Waals surface area contributed by atoms with Crippen LogP contribution in [0.1, 0.15) is 19.0 Å². The summed E-state index contributed by atoms with van der Waals surface area (Å²) in [7, 11) is -2.74. The zero-order chi connectivity index (χ0) is 28.4. The number of rotatable bonds is 8. The topological polar surface area (TPSA) is 128 Å². The van der Waals surface area contributed by atoms with Crippen LogP contribution in [-0.2, 0) is 21.0 Å². The normalized spacial score (nSPS) is 11.7. The second-order valence-corrected chi connectivity index (χ2v) is 9.95. The first-order valence-corrected chi connectivity index (χ1v) is 12.9. The minimum absolute atomic E-state index is 0.0232. The molecule has 15 heteroatoms. The third-order valence-electron chi connectivity index (χ3n) is 5.36. The van der Waals surface area contributed by atoms with Crippen LogP contribution in [0.2, 0.25) is 5.02 Å². The molecule has 4 aromatic rings. The Morgan fingerprint density at radius 1 is 1.15 bits per heavy atom. The van der Waals surface area contributed by atoms with Crippen LogP contribution in [0.25, 0.3) is 11.1 Å². The number of benzene rings is 1. The number of nitrogens with zero attached hydrogens (tertiary/aromatic N) is 4. The molecule has 0 saturated heterocycles. The van der Waals surface area contributed by atoms with Crippen LogP contribution >= 0.6 is 11.6 Å². The molecule has 0 saturated carbocycles. The number of amides is 1. The van der Waals surface area contributed by atoms with E-state index in [0.29, 0.717) is 0 Å². The second kappa shape index (κ2) is 10.9. The van der Waals surface area contributed by atoms with Crippen molar-refractivity contribution >= 4 is 44.9 Å². The van der Waals surface area contributed by atoms with Crippen molar-refractivity contribution in [1.29, 1.82) is 0 Å². The lowest BCUT2D eigenvalue weighted by Gasteiger charge is -2.24. The summed E-state index contributed by atoms with van der Waals surface area (Å²) < 4.78 is 77.1. The van der Waals surface area contributed by atoms with Gasteiger partial charge in [-0.25, -0.2) is 13.4 Å². The van der Waals surface area contributed by atoms with Crippen LogP contribution in [0.3, 0.4) is 0 Å². The van der Waals surface area contributed by atoms with Crippen LogP contribution in [-0.4, -0.2) is 36.6 Å². The van der Waals surface area contributed by atoms with Gasteiger partial charge in [-0.05, 0) is 42.0 Å². The van der Waals surface area contributed by atoms with Crippen molar-refractivity contribution in [3.05, 3.63) is 71.8 Å². The van der Waals surface area contributed by atoms with E-state index in [1.807, 2.05) is 0 Å². The molecule has 0 unspecified atom stereocenters. The highest BCUT2D eigenvalue weighted by molar-refractivity contribution is 7.92. The largest absolute Gasteiger partial charge is 0.495 e. The van der Waals surface area contributed by atoms with Crippen molar-refractivity contribution in [2.75, 3.05) is 16.7 Å². The third-order valence-corrected chi connectivity index (χ3v) is 7.01. The number of aromatic nitrogens is 3. The van der Waals surface area contributed by atoms with Crippen LogP contribution in [0.4, 0.5) is 30.5 Å². The van der Waals surface area contributed by atoms with Crippen molar-refractivity contribution in [3.63, 3.8) is 0 Å². The fourth-order valence-corrected chi connectivity index (χ4v) is 4.73. The average Bonchev–Trinajstić information content (AvgIpc) is 3.41. The van der Waals surface area contributed by atoms with Gasteiger partial charge < -0.3 is 9.26 Å². The summed E-state index contributed by atoms with van der Waals surface area (Å²) in [6, 6.07) is 8.82. The van der Waals surface area contributed by atoms with Gasteiger partial charge in [-0.3, -0.25) is 19.4 Å². The zero-order valence-electron chi connectivity index (χ0n) is 20.2. The number of alkyl halides is 3. The van der Waals surface area contributed by atoms with Gasteiger partial charge in [-0.1, -0.05) is 23.7 Å². The fraction of sp³-hybridized carbons (Fsp3) is 0.167. The molecule has 0 atom stereocenters. The molecular formula is C24H19ClF3N5O5S. The molecule has 0 aliphatic heterocycles. The van der Waals surface area contributed by atoms with Crippen molar-refractivity contribution in [3.8, 4) is 16.9 Å². The maximum Gasteiger partial charge on any atom is 0.433 e. The lowest BCUT2D eigenvalue weighted by molar-refractivity contribution is -0.141. The molecule has 0 radical (unpaired) electrons. The number of anilines is 3. The van der Waals surface area contributed by atoms with E-state index in [1.54, 1.807) is 6.92 Å². The van der Waals surface area contributed by atoms with Gasteiger partial charge in [0.2, 0.25) is 5.91 Å². The lowest BCUT2D eigenvalue weighted by atomic mass is 10.0. The number of carbonyl (C=O) groups is 1. The number of pyridine rings is 2. The van der Waals surface area contributed by atoms with Crippen molar-refractivity contribution in [2.24, 2.45) is 0 Å². The van der Waals surface area contributed by atoms with Gasteiger partial charge >= 0.3 is 6.18 Å². The lowest BCUT2D eigenvalue weighted by Crippen LogP contribution is -2.26. The van der Waals surface area contributed by atoms with Crippen LogP contribution in [0.5, 0.6) is 5.75 Å².